The zero-order valence-corrected chi connectivity index (χ0v) is 8.60. The molecule has 0 saturated carbocycles. The smallest absolute Gasteiger partial charge is 0.399 e. The molecule has 15 heavy (non-hydrogen) atoms. The predicted octanol–water partition coefficient (Wildman–Crippen LogP) is 2.07. The number of rotatable bonds is 2. The van der Waals surface area contributed by atoms with Gasteiger partial charge in [0, 0.05) is 7.05 Å². The summed E-state index contributed by atoms with van der Waals surface area (Å²) in [5, 5.41) is 6.32. The number of halogens is 4. The summed E-state index contributed by atoms with van der Waals surface area (Å²) in [6, 6.07) is 0. The van der Waals surface area contributed by atoms with E-state index in [9.17, 15) is 13.2 Å². The lowest BCUT2D eigenvalue weighted by atomic mass is 10.2. The van der Waals surface area contributed by atoms with Gasteiger partial charge < -0.3 is 4.84 Å². The van der Waals surface area contributed by atoms with Crippen molar-refractivity contribution in [1.29, 1.82) is 0 Å². The molecular formula is C7H7ClF3N3O. The van der Waals surface area contributed by atoms with E-state index in [1.807, 2.05) is 0 Å². The number of oxime groups is 1. The van der Waals surface area contributed by atoms with Gasteiger partial charge in [-0.3, -0.25) is 4.68 Å². The number of aromatic nitrogens is 2. The minimum atomic E-state index is -4.57. The molecule has 1 rings (SSSR count). The van der Waals surface area contributed by atoms with Gasteiger partial charge in [-0.05, 0) is 0 Å². The fraction of sp³-hybridized carbons (Fsp3) is 0.429. The molecule has 0 spiro atoms. The largest absolute Gasteiger partial charge is 0.435 e. The van der Waals surface area contributed by atoms with Gasteiger partial charge in [0.05, 0.1) is 11.8 Å². The minimum absolute atomic E-state index is 0.150. The van der Waals surface area contributed by atoms with E-state index in [0.29, 0.717) is 0 Å². The normalized spacial score (nSPS) is 12.4. The highest BCUT2D eigenvalue weighted by Gasteiger charge is 2.38. The Morgan fingerprint density at radius 2 is 2.13 bits per heavy atom. The average molecular weight is 242 g/mol. The molecule has 8 heteroatoms. The van der Waals surface area contributed by atoms with Crippen molar-refractivity contribution in [3.63, 3.8) is 0 Å². The first-order chi connectivity index (χ1) is 6.88. The maximum absolute atomic E-state index is 12.4. The van der Waals surface area contributed by atoms with Crippen LogP contribution in [0.2, 0.25) is 5.15 Å². The molecule has 0 aliphatic carbocycles. The molecular weight excluding hydrogens is 235 g/mol. The summed E-state index contributed by atoms with van der Waals surface area (Å²) >= 11 is 5.61. The summed E-state index contributed by atoms with van der Waals surface area (Å²) in [4.78, 5) is 4.28. The van der Waals surface area contributed by atoms with Gasteiger partial charge in [-0.25, -0.2) is 0 Å². The van der Waals surface area contributed by atoms with Gasteiger partial charge in [-0.1, -0.05) is 16.8 Å². The number of alkyl halides is 3. The molecule has 0 atom stereocenters. The predicted molar refractivity (Wildman–Crippen MR) is 47.8 cm³/mol. The highest BCUT2D eigenvalue weighted by atomic mass is 35.5. The van der Waals surface area contributed by atoms with Crippen LogP contribution >= 0.6 is 11.6 Å². The first kappa shape index (κ1) is 11.8. The summed E-state index contributed by atoms with van der Waals surface area (Å²) in [5.41, 5.74) is -1.40. The summed E-state index contributed by atoms with van der Waals surface area (Å²) in [6.07, 6.45) is -3.70. The number of nitrogens with zero attached hydrogens (tertiary/aromatic N) is 3. The average Bonchev–Trinajstić information content (AvgIpc) is 2.40. The topological polar surface area (TPSA) is 39.4 Å². The van der Waals surface area contributed by atoms with Gasteiger partial charge in [0.1, 0.15) is 12.3 Å². The lowest BCUT2D eigenvalue weighted by molar-refractivity contribution is -0.141. The molecule has 0 aliphatic rings. The summed E-state index contributed by atoms with van der Waals surface area (Å²) in [6.45, 7) is 0. The summed E-state index contributed by atoms with van der Waals surface area (Å²) in [5.74, 6) is 0. The van der Waals surface area contributed by atoms with Crippen LogP contribution in [0.15, 0.2) is 5.16 Å². The first-order valence-corrected chi connectivity index (χ1v) is 4.12. The van der Waals surface area contributed by atoms with E-state index in [4.69, 9.17) is 11.6 Å². The third kappa shape index (κ3) is 2.41. The molecule has 0 unspecified atom stereocenters. The van der Waals surface area contributed by atoms with Crippen LogP contribution in [0, 0.1) is 0 Å². The monoisotopic (exact) mass is 241 g/mol. The molecule has 4 nitrogen and oxygen atoms in total. The standard InChI is InChI=1S/C7H7ClF3N3O/c1-14-6(8)4(3-12-15-2)5(13-14)7(9,10)11/h3H,1-2H3. The second-order valence-electron chi connectivity index (χ2n) is 2.59. The van der Waals surface area contributed by atoms with Gasteiger partial charge >= 0.3 is 6.18 Å². The highest BCUT2D eigenvalue weighted by Crippen LogP contribution is 2.33. The molecule has 1 heterocycles. The van der Waals surface area contributed by atoms with Gasteiger partial charge in [0.25, 0.3) is 0 Å². The lowest BCUT2D eigenvalue weighted by Gasteiger charge is -2.02. The van der Waals surface area contributed by atoms with Crippen LogP contribution in [0.5, 0.6) is 0 Å². The van der Waals surface area contributed by atoms with Crippen molar-refractivity contribution in [1.82, 2.24) is 9.78 Å². The Labute approximate surface area is 88.3 Å². The third-order valence-corrected chi connectivity index (χ3v) is 2.02. The van der Waals surface area contributed by atoms with E-state index in [1.54, 1.807) is 0 Å². The van der Waals surface area contributed by atoms with Crippen molar-refractivity contribution >= 4 is 17.8 Å². The van der Waals surface area contributed by atoms with Crippen molar-refractivity contribution in [2.75, 3.05) is 7.11 Å². The van der Waals surface area contributed by atoms with Crippen molar-refractivity contribution in [3.8, 4) is 0 Å². The van der Waals surface area contributed by atoms with Crippen molar-refractivity contribution < 1.29 is 18.0 Å². The van der Waals surface area contributed by atoms with E-state index in [2.05, 4.69) is 15.1 Å². The molecule has 0 fully saturated rings. The molecule has 0 aromatic carbocycles. The Balaban J connectivity index is 3.27. The molecule has 0 radical (unpaired) electrons. The Hall–Kier alpha value is -1.24. The van der Waals surface area contributed by atoms with Crippen LogP contribution in [-0.2, 0) is 18.1 Å². The Morgan fingerprint density at radius 3 is 2.60 bits per heavy atom. The molecule has 1 aromatic rings. The SMILES string of the molecule is CON=Cc1c(C(F)(F)F)nn(C)c1Cl. The Morgan fingerprint density at radius 1 is 1.53 bits per heavy atom. The molecule has 0 saturated heterocycles. The van der Waals surface area contributed by atoms with Crippen molar-refractivity contribution in [2.45, 2.75) is 6.18 Å². The maximum Gasteiger partial charge on any atom is 0.435 e. The fourth-order valence-electron chi connectivity index (χ4n) is 0.949. The van der Waals surface area contributed by atoms with E-state index >= 15 is 0 Å². The summed E-state index contributed by atoms with van der Waals surface area (Å²) in [7, 11) is 2.52. The van der Waals surface area contributed by atoms with E-state index in [1.165, 1.54) is 14.2 Å². The second-order valence-corrected chi connectivity index (χ2v) is 2.95. The number of hydrogen-bond acceptors (Lipinski definition) is 3. The van der Waals surface area contributed by atoms with Crippen LogP contribution in [0.3, 0.4) is 0 Å². The number of hydrogen-bond donors (Lipinski definition) is 0. The van der Waals surface area contributed by atoms with Gasteiger partial charge in [-0.2, -0.15) is 18.3 Å². The van der Waals surface area contributed by atoms with Crippen molar-refractivity contribution in [2.24, 2.45) is 12.2 Å². The van der Waals surface area contributed by atoms with Crippen LogP contribution in [0.1, 0.15) is 11.3 Å². The first-order valence-electron chi connectivity index (χ1n) is 3.74. The molecule has 84 valence electrons. The second kappa shape index (κ2) is 4.09. The molecule has 0 N–H and O–H groups in total. The zero-order chi connectivity index (χ0) is 11.6. The van der Waals surface area contributed by atoms with Gasteiger partial charge in [-0.15, -0.1) is 0 Å². The van der Waals surface area contributed by atoms with Gasteiger partial charge in [0.15, 0.2) is 5.69 Å². The molecule has 0 amide bonds. The zero-order valence-electron chi connectivity index (χ0n) is 7.84. The van der Waals surface area contributed by atoms with Crippen LogP contribution in [0.4, 0.5) is 13.2 Å². The quantitative estimate of drug-likeness (QED) is 0.587. The van der Waals surface area contributed by atoms with Crippen LogP contribution in [0.25, 0.3) is 0 Å². The Bertz CT molecular complexity index is 386. The third-order valence-electron chi connectivity index (χ3n) is 1.57. The van der Waals surface area contributed by atoms with Crippen LogP contribution < -0.4 is 0 Å². The maximum atomic E-state index is 12.4. The van der Waals surface area contributed by atoms with Gasteiger partial charge in [0.2, 0.25) is 0 Å². The molecule has 0 aliphatic heterocycles. The Kier molecular flexibility index (Phi) is 3.23. The highest BCUT2D eigenvalue weighted by molar-refractivity contribution is 6.32. The fourth-order valence-corrected chi connectivity index (χ4v) is 1.13. The summed E-state index contributed by atoms with van der Waals surface area (Å²) < 4.78 is 38.2. The van der Waals surface area contributed by atoms with E-state index in [-0.39, 0.29) is 10.7 Å². The minimum Gasteiger partial charge on any atom is -0.399 e. The molecule has 1 aromatic heterocycles. The number of aryl methyl sites for hydroxylation is 1. The van der Waals surface area contributed by atoms with E-state index in [0.717, 1.165) is 10.9 Å². The van der Waals surface area contributed by atoms with Crippen LogP contribution in [-0.4, -0.2) is 23.1 Å². The molecule has 0 bridgehead atoms. The van der Waals surface area contributed by atoms with E-state index < -0.39 is 11.9 Å². The van der Waals surface area contributed by atoms with Crippen molar-refractivity contribution in [3.05, 3.63) is 16.4 Å². The lowest BCUT2D eigenvalue weighted by Crippen LogP contribution is -2.09.